The van der Waals surface area contributed by atoms with Gasteiger partial charge < -0.3 is 14.7 Å². The van der Waals surface area contributed by atoms with E-state index in [2.05, 4.69) is 10.5 Å². The molecule has 0 saturated heterocycles. The molecule has 0 aliphatic carbocycles. The van der Waals surface area contributed by atoms with Crippen molar-refractivity contribution in [3.05, 3.63) is 46.6 Å². The van der Waals surface area contributed by atoms with Gasteiger partial charge in [-0.3, -0.25) is 0 Å². The van der Waals surface area contributed by atoms with Crippen molar-refractivity contribution in [3.63, 3.8) is 0 Å². The number of urea groups is 1. The van der Waals surface area contributed by atoms with Crippen LogP contribution in [0.5, 0.6) is 0 Å². The minimum atomic E-state index is -4.63. The molecule has 0 aliphatic rings. The Bertz CT molecular complexity index is 736. The van der Waals surface area contributed by atoms with Crippen LogP contribution in [0.2, 0.25) is 0 Å². The molecule has 0 fully saturated rings. The highest BCUT2D eigenvalue weighted by molar-refractivity contribution is 5.89. The Morgan fingerprint density at radius 2 is 2.00 bits per heavy atom. The van der Waals surface area contributed by atoms with E-state index in [1.807, 2.05) is 0 Å². The molecule has 0 spiro atoms. The second-order valence-electron chi connectivity index (χ2n) is 5.28. The standard InChI is InChI=1S/C15H15F4N3O2/c1-8-11(9(2)24-21-8)7-22(3)14(23)20-13-6-10(15(17,18)19)4-5-12(13)16/h4-6H,7H2,1-3H3,(H,20,23). The molecule has 0 saturated carbocycles. The molecule has 1 aromatic heterocycles. The Morgan fingerprint density at radius 3 is 2.54 bits per heavy atom. The van der Waals surface area contributed by atoms with E-state index in [1.165, 1.54) is 11.9 Å². The number of halogens is 4. The summed E-state index contributed by atoms with van der Waals surface area (Å²) in [5, 5.41) is 5.88. The van der Waals surface area contributed by atoms with E-state index < -0.39 is 29.3 Å². The Balaban J connectivity index is 2.14. The van der Waals surface area contributed by atoms with E-state index in [-0.39, 0.29) is 6.54 Å². The predicted molar refractivity (Wildman–Crippen MR) is 77.9 cm³/mol. The molecule has 9 heteroatoms. The van der Waals surface area contributed by atoms with Crippen molar-refractivity contribution in [2.45, 2.75) is 26.6 Å². The van der Waals surface area contributed by atoms with Gasteiger partial charge in [-0.1, -0.05) is 5.16 Å². The van der Waals surface area contributed by atoms with Crippen molar-refractivity contribution in [1.82, 2.24) is 10.1 Å². The molecule has 5 nitrogen and oxygen atoms in total. The minimum absolute atomic E-state index is 0.119. The van der Waals surface area contributed by atoms with Gasteiger partial charge in [0, 0.05) is 12.6 Å². The van der Waals surface area contributed by atoms with E-state index in [1.54, 1.807) is 13.8 Å². The maximum atomic E-state index is 13.7. The van der Waals surface area contributed by atoms with Gasteiger partial charge in [0.1, 0.15) is 11.6 Å². The third-order valence-corrected chi connectivity index (χ3v) is 3.46. The fourth-order valence-electron chi connectivity index (χ4n) is 2.04. The zero-order valence-electron chi connectivity index (χ0n) is 13.2. The summed E-state index contributed by atoms with van der Waals surface area (Å²) >= 11 is 0. The normalized spacial score (nSPS) is 11.5. The minimum Gasteiger partial charge on any atom is -0.361 e. The van der Waals surface area contributed by atoms with Crippen LogP contribution in [0.1, 0.15) is 22.6 Å². The molecule has 0 bridgehead atoms. The van der Waals surface area contributed by atoms with E-state index in [0.717, 1.165) is 0 Å². The smallest absolute Gasteiger partial charge is 0.361 e. The van der Waals surface area contributed by atoms with Gasteiger partial charge in [0.2, 0.25) is 0 Å². The van der Waals surface area contributed by atoms with Gasteiger partial charge >= 0.3 is 12.2 Å². The molecule has 24 heavy (non-hydrogen) atoms. The molecular weight excluding hydrogens is 330 g/mol. The van der Waals surface area contributed by atoms with E-state index in [9.17, 15) is 22.4 Å². The summed E-state index contributed by atoms with van der Waals surface area (Å²) in [6.07, 6.45) is -4.63. The highest BCUT2D eigenvalue weighted by Gasteiger charge is 2.31. The molecule has 1 aromatic carbocycles. The Hall–Kier alpha value is -2.58. The lowest BCUT2D eigenvalue weighted by atomic mass is 10.2. The van der Waals surface area contributed by atoms with Crippen LogP contribution in [0, 0.1) is 19.7 Å². The quantitative estimate of drug-likeness (QED) is 0.852. The number of rotatable bonds is 3. The van der Waals surface area contributed by atoms with Crippen molar-refractivity contribution in [2.24, 2.45) is 0 Å². The maximum Gasteiger partial charge on any atom is 0.416 e. The lowest BCUT2D eigenvalue weighted by Crippen LogP contribution is -2.31. The fraction of sp³-hybridized carbons (Fsp3) is 0.333. The lowest BCUT2D eigenvalue weighted by molar-refractivity contribution is -0.137. The number of nitrogens with one attached hydrogen (secondary N) is 1. The number of nitrogens with zero attached hydrogens (tertiary/aromatic N) is 2. The Labute approximate surface area is 135 Å². The van der Waals surface area contributed by atoms with Crippen molar-refractivity contribution in [2.75, 3.05) is 12.4 Å². The summed E-state index contributed by atoms with van der Waals surface area (Å²) in [6, 6.07) is 1.07. The number of hydrogen-bond acceptors (Lipinski definition) is 3. The maximum absolute atomic E-state index is 13.7. The summed E-state index contributed by atoms with van der Waals surface area (Å²) in [5.41, 5.74) is -0.317. The number of carbonyl (C=O) groups is 1. The van der Waals surface area contributed by atoms with Crippen molar-refractivity contribution in [3.8, 4) is 0 Å². The topological polar surface area (TPSA) is 58.4 Å². The van der Waals surface area contributed by atoms with Crippen LogP contribution in [0.4, 0.5) is 28.0 Å². The molecule has 130 valence electrons. The summed E-state index contributed by atoms with van der Waals surface area (Å²) in [5.74, 6) is -0.431. The SMILES string of the molecule is Cc1noc(C)c1CN(C)C(=O)Nc1cc(C(F)(F)F)ccc1F. The molecule has 1 N–H and O–H groups in total. The highest BCUT2D eigenvalue weighted by Crippen LogP contribution is 2.31. The number of aromatic nitrogens is 1. The molecule has 0 atom stereocenters. The van der Waals surface area contributed by atoms with Gasteiger partial charge in [-0.05, 0) is 32.0 Å². The molecule has 2 amide bonds. The second kappa shape index (κ2) is 6.50. The zero-order valence-corrected chi connectivity index (χ0v) is 13.2. The fourth-order valence-corrected chi connectivity index (χ4v) is 2.04. The highest BCUT2D eigenvalue weighted by atomic mass is 19.4. The van der Waals surface area contributed by atoms with Crippen LogP contribution in [-0.4, -0.2) is 23.1 Å². The number of benzene rings is 1. The summed E-state index contributed by atoms with van der Waals surface area (Å²) < 4.78 is 56.7. The van der Waals surface area contributed by atoms with Crippen LogP contribution < -0.4 is 5.32 Å². The molecule has 0 radical (unpaired) electrons. The molecule has 0 unspecified atom stereocenters. The van der Waals surface area contributed by atoms with Gasteiger partial charge in [0.25, 0.3) is 0 Å². The molecule has 2 aromatic rings. The average molecular weight is 345 g/mol. The third-order valence-electron chi connectivity index (χ3n) is 3.46. The number of carbonyl (C=O) groups excluding carboxylic acids is 1. The number of anilines is 1. The van der Waals surface area contributed by atoms with Gasteiger partial charge in [-0.15, -0.1) is 0 Å². The molecule has 0 aliphatic heterocycles. The predicted octanol–water partition coefficient (Wildman–Crippen LogP) is 4.11. The first-order valence-corrected chi connectivity index (χ1v) is 6.90. The Kier molecular flexibility index (Phi) is 4.81. The van der Waals surface area contributed by atoms with Gasteiger partial charge in [-0.2, -0.15) is 13.2 Å². The number of alkyl halides is 3. The van der Waals surface area contributed by atoms with Gasteiger partial charge in [0.15, 0.2) is 0 Å². The number of aryl methyl sites for hydroxylation is 2. The van der Waals surface area contributed by atoms with Crippen LogP contribution in [0.15, 0.2) is 22.7 Å². The molecular formula is C15H15F4N3O2. The molecule has 2 rings (SSSR count). The van der Waals surface area contributed by atoms with Crippen molar-refractivity contribution >= 4 is 11.7 Å². The number of hydrogen-bond donors (Lipinski definition) is 1. The van der Waals surface area contributed by atoms with Crippen molar-refractivity contribution < 1.29 is 26.9 Å². The molecule has 1 heterocycles. The largest absolute Gasteiger partial charge is 0.416 e. The van der Waals surface area contributed by atoms with Crippen LogP contribution in [0.3, 0.4) is 0 Å². The van der Waals surface area contributed by atoms with Crippen LogP contribution in [-0.2, 0) is 12.7 Å². The monoisotopic (exact) mass is 345 g/mol. The zero-order chi connectivity index (χ0) is 18.1. The number of amides is 2. The Morgan fingerprint density at radius 1 is 1.33 bits per heavy atom. The summed E-state index contributed by atoms with van der Waals surface area (Å²) in [6.45, 7) is 3.49. The lowest BCUT2D eigenvalue weighted by Gasteiger charge is -2.18. The summed E-state index contributed by atoms with van der Waals surface area (Å²) in [7, 11) is 1.42. The van der Waals surface area contributed by atoms with E-state index in [4.69, 9.17) is 4.52 Å². The van der Waals surface area contributed by atoms with E-state index >= 15 is 0 Å². The van der Waals surface area contributed by atoms with Crippen LogP contribution in [0.25, 0.3) is 0 Å². The average Bonchev–Trinajstić information content (AvgIpc) is 2.80. The van der Waals surface area contributed by atoms with Crippen LogP contribution >= 0.6 is 0 Å². The first-order chi connectivity index (χ1) is 11.1. The second-order valence-corrected chi connectivity index (χ2v) is 5.28. The van der Waals surface area contributed by atoms with Gasteiger partial charge in [0.05, 0.1) is 23.5 Å². The first-order valence-electron chi connectivity index (χ1n) is 6.90. The van der Waals surface area contributed by atoms with Gasteiger partial charge in [-0.25, -0.2) is 9.18 Å². The van der Waals surface area contributed by atoms with E-state index in [0.29, 0.717) is 35.2 Å². The first kappa shape index (κ1) is 17.8. The summed E-state index contributed by atoms with van der Waals surface area (Å²) in [4.78, 5) is 13.3. The third kappa shape index (κ3) is 3.84. The van der Waals surface area contributed by atoms with Crippen molar-refractivity contribution in [1.29, 1.82) is 0 Å².